The number of hydrogen-bond acceptors (Lipinski definition) is 5. The standard InChI is InChI=1S/C27H31N3O4/c1-4-34-27(33)21-13-15-29(16-14-21)25(31)20-11-9-19(10-12-20)24-26(32)30(17-18(2)3)23-8-6-5-7-22(23)28-24/h5-12,18,21H,4,13-17H2,1-3H3. The van der Waals surface area contributed by atoms with Crippen LogP contribution in [-0.4, -0.2) is 46.0 Å². The van der Waals surface area contributed by atoms with Gasteiger partial charge in [0.05, 0.1) is 23.6 Å². The van der Waals surface area contributed by atoms with Crippen LogP contribution in [0.3, 0.4) is 0 Å². The molecule has 7 nitrogen and oxygen atoms in total. The lowest BCUT2D eigenvalue weighted by molar-refractivity contribution is -0.149. The molecule has 2 aromatic carbocycles. The molecule has 2 heterocycles. The summed E-state index contributed by atoms with van der Waals surface area (Å²) in [5, 5.41) is 0. The number of fused-ring (bicyclic) bond motifs is 1. The van der Waals surface area contributed by atoms with Gasteiger partial charge in [0.25, 0.3) is 11.5 Å². The SMILES string of the molecule is CCOC(=O)C1CCN(C(=O)c2ccc(-c3nc4ccccc4n(CC(C)C)c3=O)cc2)CC1. The number of nitrogens with zero attached hydrogens (tertiary/aromatic N) is 3. The van der Waals surface area contributed by atoms with Crippen LogP contribution in [0.15, 0.2) is 53.3 Å². The van der Waals surface area contributed by atoms with Crippen molar-refractivity contribution in [1.82, 2.24) is 14.5 Å². The van der Waals surface area contributed by atoms with Crippen molar-refractivity contribution < 1.29 is 14.3 Å². The maximum Gasteiger partial charge on any atom is 0.309 e. The van der Waals surface area contributed by atoms with Gasteiger partial charge in [-0.1, -0.05) is 38.1 Å². The molecule has 3 aromatic rings. The molecule has 1 aromatic heterocycles. The summed E-state index contributed by atoms with van der Waals surface area (Å²) in [6, 6.07) is 14.7. The summed E-state index contributed by atoms with van der Waals surface area (Å²) in [5.74, 6) is -0.0785. The molecule has 34 heavy (non-hydrogen) atoms. The molecule has 1 saturated heterocycles. The fraction of sp³-hybridized carbons (Fsp3) is 0.407. The minimum absolute atomic E-state index is 0.0717. The molecule has 0 spiro atoms. The molecule has 0 atom stereocenters. The molecule has 0 aliphatic carbocycles. The second kappa shape index (κ2) is 10.2. The highest BCUT2D eigenvalue weighted by Gasteiger charge is 2.28. The average molecular weight is 462 g/mol. The summed E-state index contributed by atoms with van der Waals surface area (Å²) in [7, 11) is 0. The van der Waals surface area contributed by atoms with E-state index < -0.39 is 0 Å². The van der Waals surface area contributed by atoms with E-state index in [4.69, 9.17) is 4.74 Å². The van der Waals surface area contributed by atoms with Gasteiger partial charge < -0.3 is 14.2 Å². The van der Waals surface area contributed by atoms with Crippen molar-refractivity contribution >= 4 is 22.9 Å². The molecule has 0 N–H and O–H groups in total. The van der Waals surface area contributed by atoms with Gasteiger partial charge in [-0.15, -0.1) is 0 Å². The topological polar surface area (TPSA) is 81.5 Å². The van der Waals surface area contributed by atoms with E-state index in [0.717, 1.165) is 11.0 Å². The van der Waals surface area contributed by atoms with Crippen molar-refractivity contribution in [3.05, 3.63) is 64.4 Å². The molecule has 1 aliphatic heterocycles. The molecule has 4 rings (SSSR count). The fourth-order valence-electron chi connectivity index (χ4n) is 4.46. The van der Waals surface area contributed by atoms with Gasteiger partial charge in [-0.05, 0) is 49.9 Å². The van der Waals surface area contributed by atoms with E-state index in [9.17, 15) is 14.4 Å². The van der Waals surface area contributed by atoms with Gasteiger partial charge >= 0.3 is 5.97 Å². The van der Waals surface area contributed by atoms with Gasteiger partial charge in [0.1, 0.15) is 5.69 Å². The Morgan fingerprint density at radius 2 is 1.74 bits per heavy atom. The Bertz CT molecular complexity index is 1240. The molecular formula is C27H31N3O4. The number of hydrogen-bond donors (Lipinski definition) is 0. The lowest BCUT2D eigenvalue weighted by Gasteiger charge is -2.31. The fourth-order valence-corrected chi connectivity index (χ4v) is 4.46. The Balaban J connectivity index is 1.55. The van der Waals surface area contributed by atoms with Crippen LogP contribution in [0.2, 0.25) is 0 Å². The lowest BCUT2D eigenvalue weighted by atomic mass is 9.96. The minimum Gasteiger partial charge on any atom is -0.466 e. The third-order valence-corrected chi connectivity index (χ3v) is 6.21. The monoisotopic (exact) mass is 461 g/mol. The van der Waals surface area contributed by atoms with Crippen molar-refractivity contribution in [1.29, 1.82) is 0 Å². The predicted octanol–water partition coefficient (Wildman–Crippen LogP) is 4.13. The summed E-state index contributed by atoms with van der Waals surface area (Å²) < 4.78 is 6.89. The largest absolute Gasteiger partial charge is 0.466 e. The summed E-state index contributed by atoms with van der Waals surface area (Å²) in [4.78, 5) is 44.7. The molecule has 0 saturated carbocycles. The molecule has 7 heteroatoms. The van der Waals surface area contributed by atoms with Crippen LogP contribution in [0, 0.1) is 11.8 Å². The zero-order valence-corrected chi connectivity index (χ0v) is 20.0. The highest BCUT2D eigenvalue weighted by Crippen LogP contribution is 2.23. The Morgan fingerprint density at radius 1 is 1.06 bits per heavy atom. The van der Waals surface area contributed by atoms with Crippen molar-refractivity contribution in [2.75, 3.05) is 19.7 Å². The molecule has 1 amide bonds. The quantitative estimate of drug-likeness (QED) is 0.516. The van der Waals surface area contributed by atoms with E-state index in [0.29, 0.717) is 61.8 Å². The first-order valence-corrected chi connectivity index (χ1v) is 11.9. The number of carbonyl (C=O) groups is 2. The summed E-state index contributed by atoms with van der Waals surface area (Å²) in [6.45, 7) is 7.99. The Morgan fingerprint density at radius 3 is 2.38 bits per heavy atom. The van der Waals surface area contributed by atoms with Gasteiger partial charge in [0.2, 0.25) is 0 Å². The predicted molar refractivity (Wildman–Crippen MR) is 132 cm³/mol. The number of carbonyl (C=O) groups excluding carboxylic acids is 2. The number of aromatic nitrogens is 2. The van der Waals surface area contributed by atoms with E-state index in [2.05, 4.69) is 18.8 Å². The number of amides is 1. The van der Waals surface area contributed by atoms with E-state index in [1.54, 1.807) is 40.7 Å². The Kier molecular flexibility index (Phi) is 7.10. The maximum absolute atomic E-state index is 13.3. The minimum atomic E-state index is -0.176. The second-order valence-corrected chi connectivity index (χ2v) is 9.15. The van der Waals surface area contributed by atoms with Crippen LogP contribution in [0.5, 0.6) is 0 Å². The first-order chi connectivity index (χ1) is 16.4. The van der Waals surface area contributed by atoms with E-state index in [1.807, 2.05) is 24.3 Å². The van der Waals surface area contributed by atoms with Crippen molar-refractivity contribution in [3.63, 3.8) is 0 Å². The number of piperidine rings is 1. The van der Waals surface area contributed by atoms with Crippen LogP contribution in [0.4, 0.5) is 0 Å². The molecule has 0 unspecified atom stereocenters. The molecular weight excluding hydrogens is 430 g/mol. The first kappa shape index (κ1) is 23.7. The molecule has 1 aliphatic rings. The number of para-hydroxylation sites is 2. The third-order valence-electron chi connectivity index (χ3n) is 6.21. The first-order valence-electron chi connectivity index (χ1n) is 11.9. The molecule has 0 radical (unpaired) electrons. The van der Waals surface area contributed by atoms with Gasteiger partial charge in [-0.2, -0.15) is 0 Å². The molecule has 178 valence electrons. The van der Waals surface area contributed by atoms with E-state index in [1.165, 1.54) is 0 Å². The second-order valence-electron chi connectivity index (χ2n) is 9.15. The number of rotatable bonds is 6. The Labute approximate surface area is 199 Å². The summed E-state index contributed by atoms with van der Waals surface area (Å²) >= 11 is 0. The van der Waals surface area contributed by atoms with Crippen molar-refractivity contribution in [3.8, 4) is 11.3 Å². The lowest BCUT2D eigenvalue weighted by Crippen LogP contribution is -2.40. The highest BCUT2D eigenvalue weighted by atomic mass is 16.5. The van der Waals surface area contributed by atoms with Crippen molar-refractivity contribution in [2.45, 2.75) is 40.2 Å². The third kappa shape index (κ3) is 4.88. The molecule has 0 bridgehead atoms. The summed E-state index contributed by atoms with van der Waals surface area (Å²) in [6.07, 6.45) is 1.22. The number of esters is 1. The zero-order chi connectivity index (χ0) is 24.2. The number of benzene rings is 2. The van der Waals surface area contributed by atoms with Gasteiger partial charge in [0.15, 0.2) is 0 Å². The average Bonchev–Trinajstić information content (AvgIpc) is 2.85. The van der Waals surface area contributed by atoms with Gasteiger partial charge in [-0.3, -0.25) is 14.4 Å². The number of ether oxygens (including phenoxy) is 1. The van der Waals surface area contributed by atoms with Crippen LogP contribution in [-0.2, 0) is 16.1 Å². The van der Waals surface area contributed by atoms with Crippen LogP contribution >= 0.6 is 0 Å². The van der Waals surface area contributed by atoms with E-state index in [-0.39, 0.29) is 23.4 Å². The highest BCUT2D eigenvalue weighted by molar-refractivity contribution is 5.95. The molecule has 1 fully saturated rings. The smallest absolute Gasteiger partial charge is 0.309 e. The van der Waals surface area contributed by atoms with Crippen LogP contribution < -0.4 is 5.56 Å². The maximum atomic E-state index is 13.3. The normalized spacial score (nSPS) is 14.5. The Hall–Kier alpha value is -3.48. The summed E-state index contributed by atoms with van der Waals surface area (Å²) in [5.41, 5.74) is 3.08. The zero-order valence-electron chi connectivity index (χ0n) is 20.0. The van der Waals surface area contributed by atoms with Crippen LogP contribution in [0.1, 0.15) is 44.0 Å². The number of likely N-dealkylation sites (tertiary alicyclic amines) is 1. The van der Waals surface area contributed by atoms with Gasteiger partial charge in [0, 0.05) is 30.8 Å². The van der Waals surface area contributed by atoms with Gasteiger partial charge in [-0.25, -0.2) is 4.98 Å². The van der Waals surface area contributed by atoms with Crippen molar-refractivity contribution in [2.24, 2.45) is 11.8 Å². The van der Waals surface area contributed by atoms with E-state index >= 15 is 0 Å². The van der Waals surface area contributed by atoms with Crippen LogP contribution in [0.25, 0.3) is 22.3 Å².